The van der Waals surface area contributed by atoms with Crippen molar-refractivity contribution in [1.82, 2.24) is 0 Å². The molecule has 0 spiro atoms. The van der Waals surface area contributed by atoms with E-state index in [-0.39, 0.29) is 5.82 Å². The summed E-state index contributed by atoms with van der Waals surface area (Å²) in [5.41, 5.74) is 0.893. The third-order valence-electron chi connectivity index (χ3n) is 4.75. The lowest BCUT2D eigenvalue weighted by Crippen LogP contribution is -2.13. The molecule has 1 aliphatic carbocycles. The standard InChI is InChI=1S/C18H27F/c1-2-15(14-16-8-4-3-5-9-16)12-13-17-10-6-7-11-18(17)19/h6-7,10-11,15-16H,2-5,8-9,12-14H2,1H3. The molecule has 1 unspecified atom stereocenters. The first-order valence-electron chi connectivity index (χ1n) is 8.03. The van der Waals surface area contributed by atoms with E-state index in [9.17, 15) is 4.39 Å². The maximum atomic E-state index is 13.6. The Morgan fingerprint density at radius 2 is 1.89 bits per heavy atom. The zero-order valence-electron chi connectivity index (χ0n) is 12.2. The molecule has 2 rings (SSSR count). The zero-order chi connectivity index (χ0) is 13.5. The molecule has 0 heterocycles. The van der Waals surface area contributed by atoms with Crippen LogP contribution in [0.5, 0.6) is 0 Å². The molecule has 0 radical (unpaired) electrons. The molecule has 0 amide bonds. The van der Waals surface area contributed by atoms with Crippen LogP contribution in [0.1, 0.15) is 63.9 Å². The Morgan fingerprint density at radius 3 is 2.58 bits per heavy atom. The first kappa shape index (κ1) is 14.6. The minimum atomic E-state index is -0.0324. The topological polar surface area (TPSA) is 0 Å². The van der Waals surface area contributed by atoms with E-state index in [2.05, 4.69) is 6.92 Å². The first-order chi connectivity index (χ1) is 9.29. The Labute approximate surface area is 117 Å². The smallest absolute Gasteiger partial charge is 0.126 e. The average Bonchev–Trinajstić information content (AvgIpc) is 2.46. The van der Waals surface area contributed by atoms with Crippen LogP contribution >= 0.6 is 0 Å². The zero-order valence-corrected chi connectivity index (χ0v) is 12.2. The van der Waals surface area contributed by atoms with Gasteiger partial charge in [-0.25, -0.2) is 4.39 Å². The van der Waals surface area contributed by atoms with E-state index in [0.717, 1.165) is 30.2 Å². The van der Waals surface area contributed by atoms with Gasteiger partial charge in [-0.3, -0.25) is 0 Å². The third kappa shape index (κ3) is 4.63. The fraction of sp³-hybridized carbons (Fsp3) is 0.667. The number of hydrogen-bond acceptors (Lipinski definition) is 0. The van der Waals surface area contributed by atoms with Gasteiger partial charge in [0.1, 0.15) is 5.82 Å². The molecule has 106 valence electrons. The molecule has 1 fully saturated rings. The third-order valence-corrected chi connectivity index (χ3v) is 4.75. The van der Waals surface area contributed by atoms with Crippen molar-refractivity contribution in [2.45, 2.75) is 64.7 Å². The van der Waals surface area contributed by atoms with Crippen molar-refractivity contribution in [3.63, 3.8) is 0 Å². The van der Waals surface area contributed by atoms with Crippen molar-refractivity contribution in [2.24, 2.45) is 11.8 Å². The van der Waals surface area contributed by atoms with Gasteiger partial charge in [-0.2, -0.15) is 0 Å². The molecule has 0 aromatic heterocycles. The number of hydrogen-bond donors (Lipinski definition) is 0. The number of rotatable bonds is 6. The van der Waals surface area contributed by atoms with Crippen molar-refractivity contribution in [3.05, 3.63) is 35.6 Å². The van der Waals surface area contributed by atoms with Crippen LogP contribution in [0.15, 0.2) is 24.3 Å². The Bertz CT molecular complexity index is 366. The normalized spacial score (nSPS) is 18.4. The number of aryl methyl sites for hydroxylation is 1. The van der Waals surface area contributed by atoms with Gasteiger partial charge in [0.15, 0.2) is 0 Å². The highest BCUT2D eigenvalue weighted by atomic mass is 19.1. The second-order valence-corrected chi connectivity index (χ2v) is 6.14. The minimum Gasteiger partial charge on any atom is -0.207 e. The maximum absolute atomic E-state index is 13.6. The summed E-state index contributed by atoms with van der Waals surface area (Å²) >= 11 is 0. The summed E-state index contributed by atoms with van der Waals surface area (Å²) in [7, 11) is 0. The van der Waals surface area contributed by atoms with E-state index in [1.807, 2.05) is 12.1 Å². The molecular weight excluding hydrogens is 235 g/mol. The van der Waals surface area contributed by atoms with Crippen molar-refractivity contribution < 1.29 is 4.39 Å². The second-order valence-electron chi connectivity index (χ2n) is 6.14. The quantitative estimate of drug-likeness (QED) is 0.612. The molecule has 19 heavy (non-hydrogen) atoms. The van der Waals surface area contributed by atoms with Crippen molar-refractivity contribution in [2.75, 3.05) is 0 Å². The first-order valence-corrected chi connectivity index (χ1v) is 8.03. The summed E-state index contributed by atoms with van der Waals surface area (Å²) < 4.78 is 13.6. The van der Waals surface area contributed by atoms with Crippen LogP contribution in [0.2, 0.25) is 0 Å². The van der Waals surface area contributed by atoms with Gasteiger partial charge in [-0.15, -0.1) is 0 Å². The molecule has 0 nitrogen and oxygen atoms in total. The number of halogens is 1. The lowest BCUT2D eigenvalue weighted by atomic mass is 9.80. The summed E-state index contributed by atoms with van der Waals surface area (Å²) in [6, 6.07) is 7.23. The van der Waals surface area contributed by atoms with Gasteiger partial charge in [-0.1, -0.05) is 63.6 Å². The van der Waals surface area contributed by atoms with E-state index in [1.54, 1.807) is 12.1 Å². The lowest BCUT2D eigenvalue weighted by molar-refractivity contribution is 0.274. The van der Waals surface area contributed by atoms with Crippen molar-refractivity contribution in [3.8, 4) is 0 Å². The Kier molecular flexibility index (Phi) is 5.88. The van der Waals surface area contributed by atoms with Gasteiger partial charge in [0, 0.05) is 0 Å². The van der Waals surface area contributed by atoms with Gasteiger partial charge >= 0.3 is 0 Å². The van der Waals surface area contributed by atoms with Gasteiger partial charge in [0.05, 0.1) is 0 Å². The van der Waals surface area contributed by atoms with Crippen LogP contribution in [-0.4, -0.2) is 0 Å². The van der Waals surface area contributed by atoms with Crippen LogP contribution in [0, 0.1) is 17.7 Å². The van der Waals surface area contributed by atoms with E-state index in [4.69, 9.17) is 0 Å². The molecule has 0 N–H and O–H groups in total. The Hall–Kier alpha value is -0.850. The molecule has 0 aliphatic heterocycles. The summed E-state index contributed by atoms with van der Waals surface area (Å²) in [4.78, 5) is 0. The Balaban J connectivity index is 1.80. The fourth-order valence-electron chi connectivity index (χ4n) is 3.44. The van der Waals surface area contributed by atoms with Crippen molar-refractivity contribution >= 4 is 0 Å². The lowest BCUT2D eigenvalue weighted by Gasteiger charge is -2.26. The molecule has 0 bridgehead atoms. The van der Waals surface area contributed by atoms with E-state index < -0.39 is 0 Å². The predicted octanol–water partition coefficient (Wildman–Crippen LogP) is 5.75. The number of benzene rings is 1. The molecule has 1 saturated carbocycles. The van der Waals surface area contributed by atoms with Crippen LogP contribution in [-0.2, 0) is 6.42 Å². The molecule has 0 saturated heterocycles. The van der Waals surface area contributed by atoms with Crippen LogP contribution in [0.25, 0.3) is 0 Å². The highest BCUT2D eigenvalue weighted by Crippen LogP contribution is 2.31. The van der Waals surface area contributed by atoms with Crippen molar-refractivity contribution in [1.29, 1.82) is 0 Å². The molecule has 1 atom stereocenters. The van der Waals surface area contributed by atoms with Crippen LogP contribution in [0.4, 0.5) is 4.39 Å². The summed E-state index contributed by atoms with van der Waals surface area (Å²) in [6.07, 6.45) is 11.8. The SMILES string of the molecule is CCC(CCc1ccccc1F)CC1CCCCC1. The second kappa shape index (κ2) is 7.67. The van der Waals surface area contributed by atoms with Crippen LogP contribution < -0.4 is 0 Å². The van der Waals surface area contributed by atoms with E-state index in [0.29, 0.717) is 0 Å². The largest absolute Gasteiger partial charge is 0.207 e. The average molecular weight is 262 g/mol. The Morgan fingerprint density at radius 1 is 1.16 bits per heavy atom. The summed E-state index contributed by atoms with van der Waals surface area (Å²) in [6.45, 7) is 2.29. The van der Waals surface area contributed by atoms with Crippen LogP contribution in [0.3, 0.4) is 0 Å². The summed E-state index contributed by atoms with van der Waals surface area (Å²) in [5.74, 6) is 1.69. The molecule has 1 heteroatoms. The van der Waals surface area contributed by atoms with Gasteiger partial charge < -0.3 is 0 Å². The van der Waals surface area contributed by atoms with Gasteiger partial charge in [0.2, 0.25) is 0 Å². The van der Waals surface area contributed by atoms with Gasteiger partial charge in [-0.05, 0) is 42.7 Å². The fourth-order valence-corrected chi connectivity index (χ4v) is 3.44. The predicted molar refractivity (Wildman–Crippen MR) is 79.7 cm³/mol. The van der Waals surface area contributed by atoms with E-state index in [1.165, 1.54) is 44.9 Å². The molecule has 1 aliphatic rings. The monoisotopic (exact) mass is 262 g/mol. The molecule has 1 aromatic rings. The minimum absolute atomic E-state index is 0.0324. The molecular formula is C18H27F. The highest BCUT2D eigenvalue weighted by molar-refractivity contribution is 5.17. The highest BCUT2D eigenvalue weighted by Gasteiger charge is 2.18. The van der Waals surface area contributed by atoms with Gasteiger partial charge in [0.25, 0.3) is 0 Å². The molecule has 1 aromatic carbocycles. The summed E-state index contributed by atoms with van der Waals surface area (Å²) in [5, 5.41) is 0. The maximum Gasteiger partial charge on any atom is 0.126 e. The van der Waals surface area contributed by atoms with E-state index >= 15 is 0 Å².